The number of aromatic nitrogens is 1. The molecule has 0 spiro atoms. The van der Waals surface area contributed by atoms with Gasteiger partial charge in [-0.3, -0.25) is 4.79 Å². The molecule has 0 atom stereocenters. The minimum absolute atomic E-state index is 0.161. The van der Waals surface area contributed by atoms with Crippen LogP contribution in [0.1, 0.15) is 36.0 Å². The molecule has 0 radical (unpaired) electrons. The van der Waals surface area contributed by atoms with Gasteiger partial charge in [-0.2, -0.15) is 0 Å². The Hall–Kier alpha value is -1.65. The van der Waals surface area contributed by atoms with Gasteiger partial charge >= 0.3 is 0 Å². The van der Waals surface area contributed by atoms with E-state index in [-0.39, 0.29) is 11.8 Å². The Balaban J connectivity index is 1.90. The largest absolute Gasteiger partial charge is 0.383 e. The number of hydrogen-bond donors (Lipinski definition) is 0. The number of benzene rings is 1. The predicted octanol–water partition coefficient (Wildman–Crippen LogP) is 4.28. The molecule has 134 valence electrons. The molecule has 0 aliphatic heterocycles. The summed E-state index contributed by atoms with van der Waals surface area (Å²) in [7, 11) is 1.66. The second kappa shape index (κ2) is 7.71. The first-order valence-electron chi connectivity index (χ1n) is 8.83. The molecule has 0 bridgehead atoms. The van der Waals surface area contributed by atoms with Crippen molar-refractivity contribution >= 4 is 28.4 Å². The van der Waals surface area contributed by atoms with Crippen LogP contribution in [0.25, 0.3) is 10.9 Å². The zero-order valence-electron chi connectivity index (χ0n) is 15.1. The van der Waals surface area contributed by atoms with Crippen molar-refractivity contribution in [2.24, 2.45) is 5.92 Å². The summed E-state index contributed by atoms with van der Waals surface area (Å²) >= 11 is 6.44. The molecule has 4 nitrogen and oxygen atoms in total. The van der Waals surface area contributed by atoms with Crippen LogP contribution in [0, 0.1) is 19.8 Å². The molecule has 5 heteroatoms. The molecule has 1 aromatic heterocycles. The lowest BCUT2D eigenvalue weighted by molar-refractivity contribution is -0.139. The zero-order valence-corrected chi connectivity index (χ0v) is 15.9. The Kier molecular flexibility index (Phi) is 5.60. The van der Waals surface area contributed by atoms with Crippen molar-refractivity contribution in [1.29, 1.82) is 0 Å². The Morgan fingerprint density at radius 1 is 1.32 bits per heavy atom. The van der Waals surface area contributed by atoms with Gasteiger partial charge in [0.25, 0.3) is 0 Å². The lowest BCUT2D eigenvalue weighted by Gasteiger charge is -2.31. The van der Waals surface area contributed by atoms with Crippen LogP contribution in [0.3, 0.4) is 0 Å². The monoisotopic (exact) mass is 360 g/mol. The summed E-state index contributed by atoms with van der Waals surface area (Å²) in [6.07, 6.45) is 3.13. The minimum Gasteiger partial charge on any atom is -0.383 e. The number of carbonyl (C=O) groups excluding carboxylic acids is 1. The summed E-state index contributed by atoms with van der Waals surface area (Å²) in [5.74, 6) is 0.369. The van der Waals surface area contributed by atoms with Crippen LogP contribution < -0.4 is 0 Å². The highest BCUT2D eigenvalue weighted by molar-refractivity contribution is 6.30. The molecule has 1 aliphatic carbocycles. The van der Waals surface area contributed by atoms with Crippen LogP contribution in [-0.2, 0) is 16.1 Å². The number of nitrogens with zero attached hydrogens (tertiary/aromatic N) is 2. The van der Waals surface area contributed by atoms with Crippen molar-refractivity contribution in [3.63, 3.8) is 0 Å². The van der Waals surface area contributed by atoms with E-state index in [4.69, 9.17) is 16.3 Å². The number of methoxy groups -OCH3 is 1. The molecule has 1 amide bonds. The second-order valence-electron chi connectivity index (χ2n) is 6.97. The maximum atomic E-state index is 12.7. The molecule has 2 aromatic rings. The summed E-state index contributed by atoms with van der Waals surface area (Å²) in [5.41, 5.74) is 4.14. The van der Waals surface area contributed by atoms with Gasteiger partial charge in [0.2, 0.25) is 5.91 Å². The summed E-state index contributed by atoms with van der Waals surface area (Å²) in [6, 6.07) is 6.26. The first-order chi connectivity index (χ1) is 12.0. The maximum absolute atomic E-state index is 12.7. The Labute approximate surface area is 154 Å². The van der Waals surface area contributed by atoms with Gasteiger partial charge in [-0.1, -0.05) is 24.1 Å². The normalized spacial score (nSPS) is 14.6. The molecule has 1 aromatic carbocycles. The maximum Gasteiger partial charge on any atom is 0.226 e. The number of ether oxygens (including phenoxy) is 1. The average molecular weight is 361 g/mol. The third-order valence-corrected chi connectivity index (χ3v) is 5.33. The second-order valence-corrected chi connectivity index (χ2v) is 7.33. The lowest BCUT2D eigenvalue weighted by Crippen LogP contribution is -2.40. The number of hydrogen-bond acceptors (Lipinski definition) is 3. The number of rotatable bonds is 6. The van der Waals surface area contributed by atoms with Crippen molar-refractivity contribution in [3.05, 3.63) is 40.0 Å². The molecular weight excluding hydrogens is 336 g/mol. The number of aryl methyl sites for hydroxylation is 2. The summed E-state index contributed by atoms with van der Waals surface area (Å²) in [5, 5.41) is 1.56. The average Bonchev–Trinajstić information content (AvgIpc) is 2.50. The number of pyridine rings is 1. The van der Waals surface area contributed by atoms with Gasteiger partial charge in [-0.05, 0) is 49.9 Å². The first kappa shape index (κ1) is 18.2. The van der Waals surface area contributed by atoms with E-state index in [9.17, 15) is 4.79 Å². The van der Waals surface area contributed by atoms with E-state index in [1.54, 1.807) is 7.11 Å². The van der Waals surface area contributed by atoms with Gasteiger partial charge in [0.15, 0.2) is 0 Å². The highest BCUT2D eigenvalue weighted by Crippen LogP contribution is 2.30. The molecular formula is C20H25ClN2O2. The van der Waals surface area contributed by atoms with Crippen molar-refractivity contribution < 1.29 is 9.53 Å². The Morgan fingerprint density at radius 3 is 2.72 bits per heavy atom. The fraction of sp³-hybridized carbons (Fsp3) is 0.500. The van der Waals surface area contributed by atoms with Crippen molar-refractivity contribution in [3.8, 4) is 0 Å². The molecule has 1 aliphatic rings. The van der Waals surface area contributed by atoms with E-state index in [1.807, 2.05) is 11.0 Å². The molecule has 0 saturated heterocycles. The van der Waals surface area contributed by atoms with Crippen molar-refractivity contribution in [2.45, 2.75) is 39.7 Å². The quantitative estimate of drug-likeness (QED) is 0.722. The van der Waals surface area contributed by atoms with E-state index in [0.29, 0.717) is 24.8 Å². The fourth-order valence-electron chi connectivity index (χ4n) is 3.35. The minimum atomic E-state index is 0.161. The summed E-state index contributed by atoms with van der Waals surface area (Å²) < 4.78 is 5.18. The van der Waals surface area contributed by atoms with Crippen LogP contribution in [0.15, 0.2) is 18.2 Å². The summed E-state index contributed by atoms with van der Waals surface area (Å²) in [4.78, 5) is 19.2. The topological polar surface area (TPSA) is 42.4 Å². The van der Waals surface area contributed by atoms with Crippen LogP contribution in [0.4, 0.5) is 0 Å². The Bertz CT molecular complexity index is 787. The smallest absolute Gasteiger partial charge is 0.226 e. The molecule has 0 N–H and O–H groups in total. The van der Waals surface area contributed by atoms with Crippen LogP contribution >= 0.6 is 11.6 Å². The molecule has 1 saturated carbocycles. The van der Waals surface area contributed by atoms with Gasteiger partial charge in [-0.15, -0.1) is 0 Å². The van der Waals surface area contributed by atoms with E-state index < -0.39 is 0 Å². The van der Waals surface area contributed by atoms with Crippen LogP contribution in [0.2, 0.25) is 5.15 Å². The van der Waals surface area contributed by atoms with E-state index >= 15 is 0 Å². The lowest BCUT2D eigenvalue weighted by atomic mass is 9.84. The molecule has 25 heavy (non-hydrogen) atoms. The number of carbonyl (C=O) groups is 1. The standard InChI is InChI=1S/C20H25ClN2O2/c1-13-9-14(2)17-11-16(19(21)22-18(17)10-13)12-23(7-8-25-3)20(24)15-5-4-6-15/h9-11,15H,4-8,12H2,1-3H3. The van der Waals surface area contributed by atoms with E-state index in [0.717, 1.165) is 35.7 Å². The van der Waals surface area contributed by atoms with Crippen LogP contribution in [0.5, 0.6) is 0 Å². The number of fused-ring (bicyclic) bond motifs is 1. The predicted molar refractivity (Wildman–Crippen MR) is 101 cm³/mol. The van der Waals surface area contributed by atoms with E-state index in [2.05, 4.69) is 31.0 Å². The number of amides is 1. The first-order valence-corrected chi connectivity index (χ1v) is 9.21. The zero-order chi connectivity index (χ0) is 18.0. The van der Waals surface area contributed by atoms with Crippen molar-refractivity contribution in [2.75, 3.05) is 20.3 Å². The Morgan fingerprint density at radius 2 is 2.08 bits per heavy atom. The van der Waals surface area contributed by atoms with Gasteiger partial charge < -0.3 is 9.64 Å². The van der Waals surface area contributed by atoms with Gasteiger partial charge in [0.05, 0.1) is 12.1 Å². The molecule has 1 heterocycles. The van der Waals surface area contributed by atoms with Gasteiger partial charge in [-0.25, -0.2) is 4.98 Å². The molecule has 3 rings (SSSR count). The van der Waals surface area contributed by atoms with Crippen LogP contribution in [-0.4, -0.2) is 36.1 Å². The SMILES string of the molecule is COCCN(Cc1cc2c(C)cc(C)cc2nc1Cl)C(=O)C1CCC1. The third-order valence-electron chi connectivity index (χ3n) is 5.00. The van der Waals surface area contributed by atoms with E-state index in [1.165, 1.54) is 11.1 Å². The van der Waals surface area contributed by atoms with Gasteiger partial charge in [0.1, 0.15) is 5.15 Å². The highest BCUT2D eigenvalue weighted by Gasteiger charge is 2.29. The molecule has 0 unspecified atom stereocenters. The fourth-order valence-corrected chi connectivity index (χ4v) is 3.55. The number of halogens is 1. The summed E-state index contributed by atoms with van der Waals surface area (Å²) in [6.45, 7) is 5.72. The van der Waals surface area contributed by atoms with Gasteiger partial charge in [0, 0.05) is 37.1 Å². The molecule has 1 fully saturated rings. The third kappa shape index (κ3) is 3.96. The highest BCUT2D eigenvalue weighted by atomic mass is 35.5. The van der Waals surface area contributed by atoms with Crippen molar-refractivity contribution in [1.82, 2.24) is 9.88 Å².